The first-order valence-corrected chi connectivity index (χ1v) is 5.26. The van der Waals surface area contributed by atoms with Gasteiger partial charge >= 0.3 is 42.0 Å². The van der Waals surface area contributed by atoms with E-state index in [1.807, 2.05) is 0 Å². The Balaban J connectivity index is 6.84. The molecule has 26 heavy (non-hydrogen) atoms. The highest BCUT2D eigenvalue weighted by atomic mass is 19.4. The summed E-state index contributed by atoms with van der Waals surface area (Å²) in [6.07, 6.45) is -14.8. The predicted molar refractivity (Wildman–Crippen MR) is 47.7 cm³/mol. The molecule has 0 aliphatic carbocycles. The fourth-order valence-electron chi connectivity index (χ4n) is 1.18. The second-order valence-electron chi connectivity index (χ2n) is 4.29. The highest BCUT2D eigenvalue weighted by molar-refractivity contribution is 5.89. The summed E-state index contributed by atoms with van der Waals surface area (Å²) >= 11 is 0. The molecule has 1 N–H and O–H groups in total. The van der Waals surface area contributed by atoms with Crippen LogP contribution in [0.5, 0.6) is 0 Å². The third-order valence-corrected chi connectivity index (χ3v) is 2.52. The molecule has 2 nitrogen and oxygen atoms in total. The van der Waals surface area contributed by atoms with Gasteiger partial charge in [0.1, 0.15) is 0 Å². The quantitative estimate of drug-likeness (QED) is 0.499. The summed E-state index contributed by atoms with van der Waals surface area (Å²) < 4.78 is 186. The topological polar surface area (TPSA) is 37.3 Å². The molecule has 0 heterocycles. The molecule has 0 aromatic carbocycles. The van der Waals surface area contributed by atoms with Gasteiger partial charge in [-0.1, -0.05) is 0 Å². The number of carboxylic acid groups (broad SMARTS) is 1. The predicted octanol–water partition coefficient (Wildman–Crippen LogP) is 4.96. The molecule has 0 aromatic heterocycles. The van der Waals surface area contributed by atoms with E-state index >= 15 is 0 Å². The SMILES string of the molecule is O=C(O)C(=C(F)C(F)(F)C(F)(F)C(F)(F)C(F)(F)F)C(F)(F)C(F)(F)F. The van der Waals surface area contributed by atoms with Crippen molar-refractivity contribution in [1.29, 1.82) is 0 Å². The van der Waals surface area contributed by atoms with E-state index < -0.39 is 53.4 Å². The van der Waals surface area contributed by atoms with Crippen LogP contribution in [0.1, 0.15) is 0 Å². The molecule has 0 atom stereocenters. The van der Waals surface area contributed by atoms with Gasteiger partial charge in [-0.05, 0) is 0 Å². The largest absolute Gasteiger partial charge is 0.478 e. The molecule has 0 saturated heterocycles. The molecule has 0 amide bonds. The van der Waals surface area contributed by atoms with E-state index in [1.54, 1.807) is 0 Å². The van der Waals surface area contributed by atoms with Gasteiger partial charge in [-0.2, -0.15) is 61.5 Å². The van der Waals surface area contributed by atoms with Crippen LogP contribution in [0, 0.1) is 0 Å². The minimum atomic E-state index is -7.98. The fourth-order valence-corrected chi connectivity index (χ4v) is 1.18. The Bertz CT molecular complexity index is 593. The molecule has 17 heteroatoms. The Morgan fingerprint density at radius 2 is 0.923 bits per heavy atom. The summed E-state index contributed by atoms with van der Waals surface area (Å²) in [4.78, 5) is 10.2. The monoisotopic (exact) mass is 426 g/mol. The van der Waals surface area contributed by atoms with Crippen molar-refractivity contribution in [2.45, 2.75) is 36.0 Å². The number of carbonyl (C=O) groups is 1. The first-order chi connectivity index (χ1) is 11.0. The number of hydrogen-bond donors (Lipinski definition) is 1. The van der Waals surface area contributed by atoms with Crippen LogP contribution in [0.25, 0.3) is 0 Å². The lowest BCUT2D eigenvalue weighted by Crippen LogP contribution is -2.61. The summed E-state index contributed by atoms with van der Waals surface area (Å²) in [6.45, 7) is 0. The number of aliphatic carboxylic acids is 1. The summed E-state index contributed by atoms with van der Waals surface area (Å²) in [6, 6.07) is 0. The Labute approximate surface area is 130 Å². The molecule has 0 saturated carbocycles. The van der Waals surface area contributed by atoms with E-state index in [-0.39, 0.29) is 0 Å². The smallest absolute Gasteiger partial charge is 0.460 e. The highest BCUT2D eigenvalue weighted by Crippen LogP contribution is 2.57. The van der Waals surface area contributed by atoms with Crippen molar-refractivity contribution >= 4 is 5.97 Å². The van der Waals surface area contributed by atoms with Crippen molar-refractivity contribution in [1.82, 2.24) is 0 Å². The Hall–Kier alpha value is -1.84. The van der Waals surface area contributed by atoms with Crippen LogP contribution in [0.4, 0.5) is 65.9 Å². The van der Waals surface area contributed by atoms with Crippen molar-refractivity contribution < 1.29 is 75.8 Å². The van der Waals surface area contributed by atoms with Gasteiger partial charge in [0.15, 0.2) is 11.4 Å². The van der Waals surface area contributed by atoms with Crippen molar-refractivity contribution in [3.05, 3.63) is 11.4 Å². The van der Waals surface area contributed by atoms with Gasteiger partial charge in [0, 0.05) is 0 Å². The standard InChI is InChI=1S/C9HF15O2/c10-2(1(3(25)26)4(11,12)8(19,20)21)5(13,14)6(15,16)7(17,18)9(22,23)24/h(H,25,26). The molecule has 0 fully saturated rings. The Kier molecular flexibility index (Phi) is 5.67. The lowest BCUT2D eigenvalue weighted by molar-refractivity contribution is -0.392. The second kappa shape index (κ2) is 6.11. The van der Waals surface area contributed by atoms with E-state index in [4.69, 9.17) is 5.11 Å². The molecule has 0 spiro atoms. The minimum absolute atomic E-state index is 3.98. The molecular formula is C9HF15O2. The fraction of sp³-hybridized carbons (Fsp3) is 0.667. The molecule has 0 bridgehead atoms. The molecular weight excluding hydrogens is 425 g/mol. The van der Waals surface area contributed by atoms with E-state index in [0.29, 0.717) is 0 Å². The minimum Gasteiger partial charge on any atom is -0.478 e. The zero-order valence-corrected chi connectivity index (χ0v) is 11.0. The average molecular weight is 426 g/mol. The van der Waals surface area contributed by atoms with Gasteiger partial charge in [-0.15, -0.1) is 0 Å². The van der Waals surface area contributed by atoms with E-state index in [0.717, 1.165) is 0 Å². The van der Waals surface area contributed by atoms with Crippen molar-refractivity contribution in [2.24, 2.45) is 0 Å². The van der Waals surface area contributed by atoms with Crippen LogP contribution in [0.15, 0.2) is 11.4 Å². The second-order valence-corrected chi connectivity index (χ2v) is 4.29. The van der Waals surface area contributed by atoms with Crippen LogP contribution in [0.2, 0.25) is 0 Å². The van der Waals surface area contributed by atoms with Gasteiger partial charge in [0.25, 0.3) is 0 Å². The van der Waals surface area contributed by atoms with Crippen LogP contribution >= 0.6 is 0 Å². The summed E-state index contributed by atoms with van der Waals surface area (Å²) in [5, 5.41) is 7.97. The number of allylic oxidation sites excluding steroid dienone is 1. The van der Waals surface area contributed by atoms with Gasteiger partial charge in [-0.3, -0.25) is 0 Å². The Morgan fingerprint density at radius 1 is 0.577 bits per heavy atom. The van der Waals surface area contributed by atoms with E-state index in [9.17, 15) is 70.7 Å². The third kappa shape index (κ3) is 3.38. The van der Waals surface area contributed by atoms with Crippen molar-refractivity contribution in [2.75, 3.05) is 0 Å². The number of halogens is 15. The maximum Gasteiger partial charge on any atom is 0.460 e. The summed E-state index contributed by atoms with van der Waals surface area (Å²) in [7, 11) is 0. The van der Waals surface area contributed by atoms with Crippen LogP contribution < -0.4 is 0 Å². The molecule has 0 unspecified atom stereocenters. The Morgan fingerprint density at radius 3 is 1.15 bits per heavy atom. The summed E-state index contributed by atoms with van der Waals surface area (Å²) in [5.74, 6) is -39.7. The first kappa shape index (κ1) is 24.2. The number of hydrogen-bond acceptors (Lipinski definition) is 1. The van der Waals surface area contributed by atoms with Crippen LogP contribution in [-0.2, 0) is 4.79 Å². The van der Waals surface area contributed by atoms with Crippen molar-refractivity contribution in [3.8, 4) is 0 Å². The molecule has 0 aliphatic rings. The van der Waals surface area contributed by atoms with Crippen LogP contribution in [-0.4, -0.2) is 47.1 Å². The van der Waals surface area contributed by atoms with E-state index in [1.165, 1.54) is 0 Å². The lowest BCUT2D eigenvalue weighted by atomic mass is 9.97. The average Bonchev–Trinajstić information content (AvgIpc) is 2.34. The normalized spacial score (nSPS) is 16.4. The molecule has 0 aromatic rings. The van der Waals surface area contributed by atoms with Gasteiger partial charge < -0.3 is 5.11 Å². The zero-order valence-electron chi connectivity index (χ0n) is 11.0. The number of carboxylic acids is 1. The number of alkyl halides is 14. The van der Waals surface area contributed by atoms with Crippen molar-refractivity contribution in [3.63, 3.8) is 0 Å². The lowest BCUT2D eigenvalue weighted by Gasteiger charge is -2.33. The maximum absolute atomic E-state index is 13.1. The maximum atomic E-state index is 13.1. The van der Waals surface area contributed by atoms with Gasteiger partial charge in [0.2, 0.25) is 0 Å². The summed E-state index contributed by atoms with van der Waals surface area (Å²) in [5.41, 5.74) is -4.49. The first-order valence-electron chi connectivity index (χ1n) is 5.26. The third-order valence-electron chi connectivity index (χ3n) is 2.52. The zero-order chi connectivity index (χ0) is 21.7. The van der Waals surface area contributed by atoms with Gasteiger partial charge in [0.05, 0.1) is 0 Å². The molecule has 0 aliphatic heterocycles. The molecule has 0 radical (unpaired) electrons. The highest BCUT2D eigenvalue weighted by Gasteiger charge is 2.84. The van der Waals surface area contributed by atoms with E-state index in [2.05, 4.69) is 0 Å². The molecule has 154 valence electrons. The van der Waals surface area contributed by atoms with Crippen LogP contribution in [0.3, 0.4) is 0 Å². The number of rotatable bonds is 5. The van der Waals surface area contributed by atoms with Gasteiger partial charge in [-0.25, -0.2) is 9.18 Å². The molecule has 0 rings (SSSR count).